The van der Waals surface area contributed by atoms with Crippen LogP contribution >= 0.6 is 0 Å². The quantitative estimate of drug-likeness (QED) is 0.785. The van der Waals surface area contributed by atoms with Crippen molar-refractivity contribution >= 4 is 0 Å². The Kier molecular flexibility index (Phi) is 5.26. The molecule has 0 aromatic carbocycles. The van der Waals surface area contributed by atoms with Crippen LogP contribution < -0.4 is 5.32 Å². The number of nitrogens with one attached hydrogen (secondary N) is 1. The van der Waals surface area contributed by atoms with Gasteiger partial charge in [0, 0.05) is 18.6 Å². The van der Waals surface area contributed by atoms with E-state index in [-0.39, 0.29) is 0 Å². The fraction of sp³-hybridized carbons (Fsp3) is 1.00. The lowest BCUT2D eigenvalue weighted by molar-refractivity contribution is 0.193. The number of hydrogen-bond donors (Lipinski definition) is 1. The zero-order chi connectivity index (χ0) is 12.1. The summed E-state index contributed by atoms with van der Waals surface area (Å²) in [6.45, 7) is 12.1. The molecule has 1 unspecified atom stereocenters. The summed E-state index contributed by atoms with van der Waals surface area (Å²) in [6, 6.07) is 1.58. The van der Waals surface area contributed by atoms with Crippen LogP contribution in [0.4, 0.5) is 0 Å². The van der Waals surface area contributed by atoms with Crippen molar-refractivity contribution in [2.24, 2.45) is 0 Å². The highest BCUT2D eigenvalue weighted by Crippen LogP contribution is 2.17. The standard InChI is InChI=1S/C14H29N3/c1-3-16-10-7-13(8-11-16)15-12-14-6-5-9-17(14)4-2/h13-15H,3-12H2,1-2H3. The zero-order valence-electron chi connectivity index (χ0n) is 11.6. The van der Waals surface area contributed by atoms with Crippen molar-refractivity contribution in [2.75, 3.05) is 39.3 Å². The van der Waals surface area contributed by atoms with Crippen molar-refractivity contribution < 1.29 is 0 Å². The van der Waals surface area contributed by atoms with E-state index in [2.05, 4.69) is 29.0 Å². The van der Waals surface area contributed by atoms with Gasteiger partial charge < -0.3 is 10.2 Å². The Labute approximate surface area is 107 Å². The summed E-state index contributed by atoms with van der Waals surface area (Å²) in [5.41, 5.74) is 0. The number of nitrogens with zero attached hydrogens (tertiary/aromatic N) is 2. The second-order valence-corrected chi connectivity index (χ2v) is 5.54. The molecule has 17 heavy (non-hydrogen) atoms. The fourth-order valence-electron chi connectivity index (χ4n) is 3.30. The molecule has 2 fully saturated rings. The molecule has 2 rings (SSSR count). The minimum absolute atomic E-state index is 0.775. The Morgan fingerprint density at radius 2 is 1.76 bits per heavy atom. The van der Waals surface area contributed by atoms with Gasteiger partial charge in [-0.05, 0) is 58.4 Å². The molecule has 100 valence electrons. The van der Waals surface area contributed by atoms with Crippen LogP contribution in [0.5, 0.6) is 0 Å². The number of likely N-dealkylation sites (tertiary alicyclic amines) is 2. The van der Waals surface area contributed by atoms with Gasteiger partial charge in [-0.15, -0.1) is 0 Å². The molecule has 0 radical (unpaired) electrons. The summed E-state index contributed by atoms with van der Waals surface area (Å²) in [5, 5.41) is 3.80. The van der Waals surface area contributed by atoms with Crippen LogP contribution in [0, 0.1) is 0 Å². The van der Waals surface area contributed by atoms with Crippen LogP contribution in [0.15, 0.2) is 0 Å². The first kappa shape index (κ1) is 13.3. The Hall–Kier alpha value is -0.120. The molecule has 2 saturated heterocycles. The third-order valence-corrected chi connectivity index (χ3v) is 4.58. The van der Waals surface area contributed by atoms with Gasteiger partial charge in [0.05, 0.1) is 0 Å². The molecule has 0 aliphatic carbocycles. The van der Waals surface area contributed by atoms with Crippen LogP contribution in [0.3, 0.4) is 0 Å². The normalized spacial score (nSPS) is 28.9. The lowest BCUT2D eigenvalue weighted by Gasteiger charge is -2.33. The third kappa shape index (κ3) is 3.67. The molecule has 0 aromatic heterocycles. The van der Waals surface area contributed by atoms with Gasteiger partial charge in [0.25, 0.3) is 0 Å². The molecular weight excluding hydrogens is 210 g/mol. The molecule has 0 amide bonds. The van der Waals surface area contributed by atoms with Crippen molar-refractivity contribution in [3.8, 4) is 0 Å². The fourth-order valence-corrected chi connectivity index (χ4v) is 3.30. The van der Waals surface area contributed by atoms with E-state index in [1.54, 1.807) is 0 Å². The number of piperidine rings is 1. The molecule has 1 atom stereocenters. The average molecular weight is 239 g/mol. The summed E-state index contributed by atoms with van der Waals surface area (Å²) in [6.07, 6.45) is 5.47. The van der Waals surface area contributed by atoms with Gasteiger partial charge in [-0.25, -0.2) is 0 Å². The first-order valence-corrected chi connectivity index (χ1v) is 7.53. The van der Waals surface area contributed by atoms with E-state index in [0.717, 1.165) is 12.1 Å². The van der Waals surface area contributed by atoms with E-state index >= 15 is 0 Å². The molecule has 1 N–H and O–H groups in total. The third-order valence-electron chi connectivity index (χ3n) is 4.58. The Balaban J connectivity index is 1.65. The van der Waals surface area contributed by atoms with Crippen LogP contribution in [0.25, 0.3) is 0 Å². The predicted octanol–water partition coefficient (Wildman–Crippen LogP) is 1.54. The number of hydrogen-bond acceptors (Lipinski definition) is 3. The van der Waals surface area contributed by atoms with Crippen LogP contribution in [0.2, 0.25) is 0 Å². The van der Waals surface area contributed by atoms with Crippen LogP contribution in [-0.4, -0.2) is 61.2 Å². The van der Waals surface area contributed by atoms with Crippen molar-refractivity contribution in [1.82, 2.24) is 15.1 Å². The van der Waals surface area contributed by atoms with Crippen molar-refractivity contribution in [3.63, 3.8) is 0 Å². The van der Waals surface area contributed by atoms with Gasteiger partial charge in [0.1, 0.15) is 0 Å². The maximum atomic E-state index is 3.80. The average Bonchev–Trinajstić information content (AvgIpc) is 2.84. The van der Waals surface area contributed by atoms with E-state index in [1.807, 2.05) is 0 Å². The van der Waals surface area contributed by atoms with E-state index in [4.69, 9.17) is 0 Å². The molecule has 3 heteroatoms. The lowest BCUT2D eigenvalue weighted by atomic mass is 10.0. The summed E-state index contributed by atoms with van der Waals surface area (Å²) >= 11 is 0. The van der Waals surface area contributed by atoms with Crippen LogP contribution in [-0.2, 0) is 0 Å². The highest BCUT2D eigenvalue weighted by molar-refractivity contribution is 4.83. The molecule has 0 saturated carbocycles. The molecule has 2 heterocycles. The van der Waals surface area contributed by atoms with E-state index in [1.165, 1.54) is 65.0 Å². The minimum Gasteiger partial charge on any atom is -0.312 e. The minimum atomic E-state index is 0.775. The Morgan fingerprint density at radius 3 is 2.41 bits per heavy atom. The van der Waals surface area contributed by atoms with Gasteiger partial charge >= 0.3 is 0 Å². The van der Waals surface area contributed by atoms with Gasteiger partial charge in [0.15, 0.2) is 0 Å². The highest BCUT2D eigenvalue weighted by Gasteiger charge is 2.24. The topological polar surface area (TPSA) is 18.5 Å². The molecule has 0 bridgehead atoms. The zero-order valence-corrected chi connectivity index (χ0v) is 11.6. The first-order valence-electron chi connectivity index (χ1n) is 7.53. The molecule has 3 nitrogen and oxygen atoms in total. The van der Waals surface area contributed by atoms with Gasteiger partial charge in [-0.1, -0.05) is 13.8 Å². The number of rotatable bonds is 5. The molecule has 0 spiro atoms. The second kappa shape index (κ2) is 6.72. The highest BCUT2D eigenvalue weighted by atomic mass is 15.2. The first-order chi connectivity index (χ1) is 8.33. The molecular formula is C14H29N3. The summed E-state index contributed by atoms with van der Waals surface area (Å²) in [5.74, 6) is 0. The summed E-state index contributed by atoms with van der Waals surface area (Å²) in [7, 11) is 0. The number of likely N-dealkylation sites (N-methyl/N-ethyl adjacent to an activating group) is 1. The molecule has 2 aliphatic heterocycles. The molecule has 2 aliphatic rings. The molecule has 0 aromatic rings. The van der Waals surface area contributed by atoms with Gasteiger partial charge in [0.2, 0.25) is 0 Å². The largest absolute Gasteiger partial charge is 0.312 e. The SMILES string of the molecule is CCN1CCC(NCC2CCCN2CC)CC1. The van der Waals surface area contributed by atoms with Crippen molar-refractivity contribution in [1.29, 1.82) is 0 Å². The van der Waals surface area contributed by atoms with Crippen molar-refractivity contribution in [2.45, 2.75) is 51.6 Å². The summed E-state index contributed by atoms with van der Waals surface area (Å²) in [4.78, 5) is 5.19. The Bertz CT molecular complexity index is 212. The lowest BCUT2D eigenvalue weighted by Crippen LogP contribution is -2.46. The van der Waals surface area contributed by atoms with E-state index in [0.29, 0.717) is 0 Å². The second-order valence-electron chi connectivity index (χ2n) is 5.54. The summed E-state index contributed by atoms with van der Waals surface area (Å²) < 4.78 is 0. The van der Waals surface area contributed by atoms with Gasteiger partial charge in [-0.3, -0.25) is 4.90 Å². The monoisotopic (exact) mass is 239 g/mol. The maximum absolute atomic E-state index is 3.80. The predicted molar refractivity (Wildman–Crippen MR) is 73.4 cm³/mol. The van der Waals surface area contributed by atoms with Crippen molar-refractivity contribution in [3.05, 3.63) is 0 Å². The van der Waals surface area contributed by atoms with Crippen LogP contribution in [0.1, 0.15) is 39.5 Å². The van der Waals surface area contributed by atoms with Gasteiger partial charge in [-0.2, -0.15) is 0 Å². The Morgan fingerprint density at radius 1 is 1.00 bits per heavy atom. The van der Waals surface area contributed by atoms with E-state index < -0.39 is 0 Å². The maximum Gasteiger partial charge on any atom is 0.0221 e. The van der Waals surface area contributed by atoms with E-state index in [9.17, 15) is 0 Å². The smallest absolute Gasteiger partial charge is 0.0221 e.